The molecule has 2 heterocycles. The number of alkyl halides is 1. The van der Waals surface area contributed by atoms with Gasteiger partial charge >= 0.3 is 0 Å². The fourth-order valence-electron chi connectivity index (χ4n) is 3.40. The number of piperidine rings is 1. The molecule has 2 saturated heterocycles. The van der Waals surface area contributed by atoms with E-state index in [1.807, 2.05) is 4.90 Å². The van der Waals surface area contributed by atoms with Crippen LogP contribution in [-0.2, 0) is 9.84 Å². The van der Waals surface area contributed by atoms with Crippen LogP contribution in [0.5, 0.6) is 0 Å². The van der Waals surface area contributed by atoms with Crippen LogP contribution in [-0.4, -0.2) is 80.7 Å². The molecule has 0 amide bonds. The molecule has 0 spiro atoms. The summed E-state index contributed by atoms with van der Waals surface area (Å²) in [6.45, 7) is 5.01. The maximum atomic E-state index is 14.5. The Labute approximate surface area is 127 Å². The molecule has 21 heavy (non-hydrogen) atoms. The normalized spacial score (nSPS) is 34.9. The summed E-state index contributed by atoms with van der Waals surface area (Å²) in [5.74, 6) is 0.256. The molecule has 0 aromatic carbocycles. The Bertz CT molecular complexity index is 406. The van der Waals surface area contributed by atoms with Gasteiger partial charge in [-0.05, 0) is 13.0 Å². The van der Waals surface area contributed by atoms with Gasteiger partial charge in [0.2, 0.25) is 0 Å². The number of unbranched alkanes of at least 4 members (excludes halogenated alkanes) is 2. The van der Waals surface area contributed by atoms with Crippen LogP contribution >= 0.6 is 0 Å². The monoisotopic (exact) mass is 321 g/mol. The lowest BCUT2D eigenvalue weighted by atomic mass is 9.96. The Kier molecular flexibility index (Phi) is 5.99. The molecular weight excluding hydrogens is 293 g/mol. The van der Waals surface area contributed by atoms with Gasteiger partial charge < -0.3 is 5.73 Å². The summed E-state index contributed by atoms with van der Waals surface area (Å²) in [5.41, 5.74) is 6.19. The molecule has 0 radical (unpaired) electrons. The summed E-state index contributed by atoms with van der Waals surface area (Å²) in [5, 5.41) is 0. The van der Waals surface area contributed by atoms with Gasteiger partial charge in [-0.2, -0.15) is 0 Å². The highest BCUT2D eigenvalue weighted by Gasteiger charge is 2.40. The number of nitrogens with zero attached hydrogens (tertiary/aromatic N) is 2. The van der Waals surface area contributed by atoms with Crippen LogP contribution in [0.25, 0.3) is 0 Å². The SMILES string of the molecule is CCCCCN1CC(N)C(N2CCS(=O)(=O)CC2)C(F)C1. The number of hydrogen-bond acceptors (Lipinski definition) is 5. The van der Waals surface area contributed by atoms with Crippen molar-refractivity contribution in [2.24, 2.45) is 5.73 Å². The molecule has 3 unspecified atom stereocenters. The van der Waals surface area contributed by atoms with E-state index in [9.17, 15) is 12.8 Å². The van der Waals surface area contributed by atoms with Crippen molar-refractivity contribution in [1.29, 1.82) is 0 Å². The van der Waals surface area contributed by atoms with E-state index in [0.717, 1.165) is 25.8 Å². The molecule has 0 aromatic rings. The Hall–Kier alpha value is -0.240. The highest BCUT2D eigenvalue weighted by molar-refractivity contribution is 7.91. The zero-order valence-electron chi connectivity index (χ0n) is 12.9. The molecule has 2 fully saturated rings. The van der Waals surface area contributed by atoms with Gasteiger partial charge in [0.1, 0.15) is 6.17 Å². The van der Waals surface area contributed by atoms with Gasteiger partial charge in [0, 0.05) is 32.2 Å². The first-order chi connectivity index (χ1) is 9.93. The number of nitrogens with two attached hydrogens (primary N) is 1. The molecule has 3 atom stereocenters. The zero-order chi connectivity index (χ0) is 15.5. The van der Waals surface area contributed by atoms with Crippen LogP contribution in [0.1, 0.15) is 26.2 Å². The van der Waals surface area contributed by atoms with E-state index in [0.29, 0.717) is 26.2 Å². The Balaban J connectivity index is 1.88. The van der Waals surface area contributed by atoms with Gasteiger partial charge in [0.05, 0.1) is 17.5 Å². The number of sulfone groups is 1. The number of hydrogen-bond donors (Lipinski definition) is 1. The predicted octanol–water partition coefficient (Wildman–Crippen LogP) is 0.257. The number of rotatable bonds is 5. The van der Waals surface area contributed by atoms with Gasteiger partial charge in [-0.3, -0.25) is 9.80 Å². The van der Waals surface area contributed by atoms with Crippen molar-refractivity contribution in [1.82, 2.24) is 9.80 Å². The van der Waals surface area contributed by atoms with Crippen molar-refractivity contribution in [3.05, 3.63) is 0 Å². The number of likely N-dealkylation sites (tertiary alicyclic amines) is 1. The third-order valence-electron chi connectivity index (χ3n) is 4.59. The lowest BCUT2D eigenvalue weighted by molar-refractivity contribution is 0.0229. The molecule has 0 aliphatic carbocycles. The van der Waals surface area contributed by atoms with E-state index in [-0.39, 0.29) is 23.6 Å². The first-order valence-corrected chi connectivity index (χ1v) is 9.81. The molecule has 2 N–H and O–H groups in total. The lowest BCUT2D eigenvalue weighted by Crippen LogP contribution is -2.65. The van der Waals surface area contributed by atoms with Gasteiger partial charge in [0.25, 0.3) is 0 Å². The van der Waals surface area contributed by atoms with Crippen LogP contribution in [0.2, 0.25) is 0 Å². The van der Waals surface area contributed by atoms with Crippen LogP contribution in [0.15, 0.2) is 0 Å². The smallest absolute Gasteiger partial charge is 0.152 e. The molecule has 5 nitrogen and oxygen atoms in total. The van der Waals surface area contributed by atoms with E-state index in [1.165, 1.54) is 0 Å². The van der Waals surface area contributed by atoms with Gasteiger partial charge in [0.15, 0.2) is 9.84 Å². The van der Waals surface area contributed by atoms with E-state index < -0.39 is 16.0 Å². The van der Waals surface area contributed by atoms with Crippen LogP contribution in [0.4, 0.5) is 4.39 Å². The Morgan fingerprint density at radius 1 is 1.19 bits per heavy atom. The van der Waals surface area contributed by atoms with E-state index in [4.69, 9.17) is 5.73 Å². The van der Waals surface area contributed by atoms with E-state index in [2.05, 4.69) is 11.8 Å². The second-order valence-electron chi connectivity index (χ2n) is 6.32. The molecule has 0 bridgehead atoms. The molecular formula is C14H28FN3O2S. The fourth-order valence-corrected chi connectivity index (χ4v) is 4.63. The van der Waals surface area contributed by atoms with Gasteiger partial charge in [-0.25, -0.2) is 12.8 Å². The third-order valence-corrected chi connectivity index (χ3v) is 6.20. The minimum Gasteiger partial charge on any atom is -0.325 e. The molecule has 124 valence electrons. The Morgan fingerprint density at radius 3 is 2.43 bits per heavy atom. The summed E-state index contributed by atoms with van der Waals surface area (Å²) < 4.78 is 37.5. The molecule has 0 aromatic heterocycles. The largest absolute Gasteiger partial charge is 0.325 e. The molecule has 7 heteroatoms. The molecule has 2 rings (SSSR count). The second-order valence-corrected chi connectivity index (χ2v) is 8.63. The van der Waals surface area contributed by atoms with Crippen LogP contribution < -0.4 is 5.73 Å². The van der Waals surface area contributed by atoms with Crippen molar-refractivity contribution in [2.45, 2.75) is 44.4 Å². The summed E-state index contributed by atoms with van der Waals surface area (Å²) in [7, 11) is -2.93. The topological polar surface area (TPSA) is 66.6 Å². The minimum absolute atomic E-state index is 0.128. The quantitative estimate of drug-likeness (QED) is 0.736. The fraction of sp³-hybridized carbons (Fsp3) is 1.00. The van der Waals surface area contributed by atoms with Crippen molar-refractivity contribution in [3.63, 3.8) is 0 Å². The number of halogens is 1. The van der Waals surface area contributed by atoms with Crippen molar-refractivity contribution in [2.75, 3.05) is 44.2 Å². The van der Waals surface area contributed by atoms with E-state index in [1.54, 1.807) is 0 Å². The van der Waals surface area contributed by atoms with Crippen molar-refractivity contribution < 1.29 is 12.8 Å². The standard InChI is InChI=1S/C14H28FN3O2S/c1-2-3-4-5-17-10-12(15)14(13(16)11-17)18-6-8-21(19,20)9-7-18/h12-14H,2-11,16H2,1H3. The summed E-state index contributed by atoms with van der Waals surface area (Å²) in [6.07, 6.45) is 2.42. The first-order valence-electron chi connectivity index (χ1n) is 7.99. The second kappa shape index (κ2) is 7.35. The molecule has 0 saturated carbocycles. The minimum atomic E-state index is -2.93. The zero-order valence-corrected chi connectivity index (χ0v) is 13.7. The molecule has 2 aliphatic rings. The van der Waals surface area contributed by atoms with E-state index >= 15 is 0 Å². The van der Waals surface area contributed by atoms with Crippen molar-refractivity contribution >= 4 is 9.84 Å². The summed E-state index contributed by atoms with van der Waals surface area (Å²) >= 11 is 0. The first kappa shape index (κ1) is 17.1. The van der Waals surface area contributed by atoms with Crippen LogP contribution in [0, 0.1) is 0 Å². The van der Waals surface area contributed by atoms with Crippen LogP contribution in [0.3, 0.4) is 0 Å². The van der Waals surface area contributed by atoms with Gasteiger partial charge in [-0.1, -0.05) is 19.8 Å². The third kappa shape index (κ3) is 4.61. The molecule has 2 aliphatic heterocycles. The average molecular weight is 321 g/mol. The maximum absolute atomic E-state index is 14.5. The lowest BCUT2D eigenvalue weighted by Gasteiger charge is -2.45. The predicted molar refractivity (Wildman–Crippen MR) is 82.9 cm³/mol. The van der Waals surface area contributed by atoms with Gasteiger partial charge in [-0.15, -0.1) is 0 Å². The van der Waals surface area contributed by atoms with Crippen molar-refractivity contribution in [3.8, 4) is 0 Å². The highest BCUT2D eigenvalue weighted by Crippen LogP contribution is 2.21. The Morgan fingerprint density at radius 2 is 1.86 bits per heavy atom. The maximum Gasteiger partial charge on any atom is 0.152 e. The summed E-state index contributed by atoms with van der Waals surface area (Å²) in [6, 6.07) is -0.570. The average Bonchev–Trinajstić information content (AvgIpc) is 2.40. The highest BCUT2D eigenvalue weighted by atomic mass is 32.2. The summed E-state index contributed by atoms with van der Waals surface area (Å²) in [4.78, 5) is 4.06.